The second kappa shape index (κ2) is 8.12. The van der Waals surface area contributed by atoms with Crippen LogP contribution in [0.2, 0.25) is 0 Å². The first kappa shape index (κ1) is 19.4. The van der Waals surface area contributed by atoms with Gasteiger partial charge in [-0.15, -0.1) is 0 Å². The van der Waals surface area contributed by atoms with Crippen molar-refractivity contribution in [2.75, 3.05) is 12.4 Å². The third-order valence-corrected chi connectivity index (χ3v) is 4.41. The monoisotopic (exact) mass is 382 g/mol. The number of carbonyl (C=O) groups excluding carboxylic acids is 1. The first-order valence-electron chi connectivity index (χ1n) is 8.92. The Labute approximate surface area is 163 Å². The lowest BCUT2D eigenvalue weighted by atomic mass is 10.1. The van der Waals surface area contributed by atoms with Gasteiger partial charge in [-0.05, 0) is 56.7 Å². The van der Waals surface area contributed by atoms with Crippen LogP contribution in [0.4, 0.5) is 14.9 Å². The van der Waals surface area contributed by atoms with Gasteiger partial charge in [0.2, 0.25) is 0 Å². The summed E-state index contributed by atoms with van der Waals surface area (Å²) < 4.78 is 20.6. The molecule has 3 rings (SSSR count). The van der Waals surface area contributed by atoms with Gasteiger partial charge in [0.25, 0.3) is 0 Å². The van der Waals surface area contributed by atoms with Crippen LogP contribution in [-0.4, -0.2) is 22.9 Å². The Bertz CT molecular complexity index is 1000. The topological polar surface area (TPSA) is 68.2 Å². The van der Waals surface area contributed by atoms with Crippen LogP contribution in [0, 0.1) is 19.7 Å². The van der Waals surface area contributed by atoms with Gasteiger partial charge in [0.1, 0.15) is 0 Å². The predicted octanol–water partition coefficient (Wildman–Crippen LogP) is 4.52. The fourth-order valence-electron chi connectivity index (χ4n) is 3.03. The van der Waals surface area contributed by atoms with E-state index in [0.29, 0.717) is 11.3 Å². The molecule has 0 aliphatic carbocycles. The number of aromatic nitrogens is 2. The molecule has 3 aromatic rings. The maximum Gasteiger partial charge on any atom is 0.319 e. The van der Waals surface area contributed by atoms with Crippen LogP contribution in [0.1, 0.15) is 29.9 Å². The van der Waals surface area contributed by atoms with Crippen molar-refractivity contribution in [2.24, 2.45) is 0 Å². The van der Waals surface area contributed by atoms with Gasteiger partial charge >= 0.3 is 6.03 Å². The van der Waals surface area contributed by atoms with Crippen molar-refractivity contribution in [3.8, 4) is 11.4 Å². The van der Waals surface area contributed by atoms with E-state index < -0.39 is 11.8 Å². The number of benzene rings is 2. The minimum Gasteiger partial charge on any atom is -0.494 e. The summed E-state index contributed by atoms with van der Waals surface area (Å²) in [6.07, 6.45) is 0. The highest BCUT2D eigenvalue weighted by molar-refractivity contribution is 5.91. The fraction of sp³-hybridized carbons (Fsp3) is 0.238. The van der Waals surface area contributed by atoms with Crippen molar-refractivity contribution in [2.45, 2.75) is 26.8 Å². The third kappa shape index (κ3) is 4.14. The van der Waals surface area contributed by atoms with E-state index in [-0.39, 0.29) is 11.8 Å². The minimum atomic E-state index is -0.469. The van der Waals surface area contributed by atoms with Gasteiger partial charge in [-0.3, -0.25) is 0 Å². The summed E-state index contributed by atoms with van der Waals surface area (Å²) in [4.78, 5) is 12.5. The van der Waals surface area contributed by atoms with Crippen LogP contribution in [0.5, 0.6) is 5.75 Å². The van der Waals surface area contributed by atoms with Crippen LogP contribution in [0.15, 0.2) is 48.5 Å². The molecule has 0 saturated carbocycles. The summed E-state index contributed by atoms with van der Waals surface area (Å²) in [5.74, 6) is -0.303. The second-order valence-corrected chi connectivity index (χ2v) is 6.57. The Hall–Kier alpha value is -3.35. The van der Waals surface area contributed by atoms with Crippen LogP contribution in [0.3, 0.4) is 0 Å². The molecule has 0 bridgehead atoms. The van der Waals surface area contributed by atoms with Crippen molar-refractivity contribution >= 4 is 11.7 Å². The lowest BCUT2D eigenvalue weighted by Crippen LogP contribution is -2.31. The molecule has 1 atom stereocenters. The molecule has 0 unspecified atom stereocenters. The zero-order valence-electron chi connectivity index (χ0n) is 16.3. The molecule has 2 N–H and O–H groups in total. The van der Waals surface area contributed by atoms with Gasteiger partial charge in [0.15, 0.2) is 11.6 Å². The number of rotatable bonds is 5. The average molecular weight is 382 g/mol. The molecule has 1 heterocycles. The first-order valence-corrected chi connectivity index (χ1v) is 8.92. The number of carbonyl (C=O) groups is 1. The van der Waals surface area contributed by atoms with Gasteiger partial charge in [0.05, 0.1) is 30.2 Å². The van der Waals surface area contributed by atoms with E-state index >= 15 is 0 Å². The number of hydrogen-bond donors (Lipinski definition) is 2. The second-order valence-electron chi connectivity index (χ2n) is 6.57. The van der Waals surface area contributed by atoms with E-state index in [9.17, 15) is 9.18 Å². The summed E-state index contributed by atoms with van der Waals surface area (Å²) in [5.41, 5.74) is 3.90. The molecule has 6 nitrogen and oxygen atoms in total. The number of anilines is 1. The van der Waals surface area contributed by atoms with Gasteiger partial charge in [-0.2, -0.15) is 5.10 Å². The number of halogens is 1. The largest absolute Gasteiger partial charge is 0.494 e. The molecule has 2 amide bonds. The molecule has 0 spiro atoms. The Balaban J connectivity index is 1.75. The Morgan fingerprint density at radius 2 is 1.93 bits per heavy atom. The highest BCUT2D eigenvalue weighted by Crippen LogP contribution is 2.23. The summed E-state index contributed by atoms with van der Waals surface area (Å²) >= 11 is 0. The van der Waals surface area contributed by atoms with E-state index in [1.807, 2.05) is 44.2 Å². The molecule has 0 saturated heterocycles. The van der Waals surface area contributed by atoms with Crippen LogP contribution in [0.25, 0.3) is 5.69 Å². The van der Waals surface area contributed by atoms with E-state index in [1.54, 1.807) is 23.7 Å². The summed E-state index contributed by atoms with van der Waals surface area (Å²) in [6.45, 7) is 5.66. The Morgan fingerprint density at radius 3 is 2.57 bits per heavy atom. The summed E-state index contributed by atoms with van der Waals surface area (Å²) in [7, 11) is 1.41. The lowest BCUT2D eigenvalue weighted by Gasteiger charge is -2.17. The molecular weight excluding hydrogens is 359 g/mol. The standard InChI is InChI=1S/C21H23FN4O2/c1-13-11-14(2)26(25-13)19-8-6-5-7-18(19)24-21(27)23-15(3)16-9-10-20(28-4)17(22)12-16/h5-12,15H,1-4H3,(H2,23,24,27)/t15-/m1/s1. The Morgan fingerprint density at radius 1 is 1.18 bits per heavy atom. The van der Waals surface area contributed by atoms with Crippen molar-refractivity contribution in [3.63, 3.8) is 0 Å². The molecule has 0 aliphatic heterocycles. The third-order valence-electron chi connectivity index (χ3n) is 4.41. The summed E-state index contributed by atoms with van der Waals surface area (Å²) in [5, 5.41) is 10.1. The summed E-state index contributed by atoms with van der Waals surface area (Å²) in [6, 6.07) is 13.2. The zero-order chi connectivity index (χ0) is 20.3. The average Bonchev–Trinajstić information content (AvgIpc) is 3.00. The number of nitrogens with zero attached hydrogens (tertiary/aromatic N) is 2. The minimum absolute atomic E-state index is 0.166. The Kier molecular flexibility index (Phi) is 5.63. The van der Waals surface area contributed by atoms with Gasteiger partial charge in [0, 0.05) is 5.69 Å². The zero-order valence-corrected chi connectivity index (χ0v) is 16.3. The SMILES string of the molecule is COc1ccc([C@@H](C)NC(=O)Nc2ccccc2-n2nc(C)cc2C)cc1F. The fourth-order valence-corrected chi connectivity index (χ4v) is 3.03. The van der Waals surface area contributed by atoms with Crippen molar-refractivity contribution in [1.29, 1.82) is 0 Å². The number of ether oxygens (including phenoxy) is 1. The molecule has 28 heavy (non-hydrogen) atoms. The smallest absolute Gasteiger partial charge is 0.319 e. The molecule has 1 aromatic heterocycles. The molecule has 146 valence electrons. The van der Waals surface area contributed by atoms with Crippen molar-refractivity contribution in [1.82, 2.24) is 15.1 Å². The molecule has 0 fully saturated rings. The predicted molar refractivity (Wildman–Crippen MR) is 107 cm³/mol. The van der Waals surface area contributed by atoms with Gasteiger partial charge in [-0.25, -0.2) is 13.9 Å². The lowest BCUT2D eigenvalue weighted by molar-refractivity contribution is 0.249. The van der Waals surface area contributed by atoms with Gasteiger partial charge < -0.3 is 15.4 Å². The maximum absolute atomic E-state index is 13.9. The quantitative estimate of drug-likeness (QED) is 0.682. The normalized spacial score (nSPS) is 11.8. The van der Waals surface area contributed by atoms with E-state index in [4.69, 9.17) is 4.74 Å². The number of aryl methyl sites for hydroxylation is 2. The molecule has 0 aliphatic rings. The van der Waals surface area contributed by atoms with Crippen LogP contribution in [-0.2, 0) is 0 Å². The molecule has 0 radical (unpaired) electrons. The first-order chi connectivity index (χ1) is 13.4. The van der Waals surface area contributed by atoms with Crippen LogP contribution < -0.4 is 15.4 Å². The highest BCUT2D eigenvalue weighted by atomic mass is 19.1. The van der Waals surface area contributed by atoms with Crippen molar-refractivity contribution in [3.05, 3.63) is 71.3 Å². The number of urea groups is 1. The van der Waals surface area contributed by atoms with E-state index in [0.717, 1.165) is 17.1 Å². The number of hydrogen-bond acceptors (Lipinski definition) is 3. The number of amides is 2. The molecule has 2 aromatic carbocycles. The van der Waals surface area contributed by atoms with Gasteiger partial charge in [-0.1, -0.05) is 18.2 Å². The van der Waals surface area contributed by atoms with Crippen molar-refractivity contribution < 1.29 is 13.9 Å². The number of methoxy groups -OCH3 is 1. The van der Waals surface area contributed by atoms with Crippen LogP contribution >= 0.6 is 0 Å². The highest BCUT2D eigenvalue weighted by Gasteiger charge is 2.15. The number of para-hydroxylation sites is 2. The number of nitrogens with one attached hydrogen (secondary N) is 2. The van der Waals surface area contributed by atoms with E-state index in [2.05, 4.69) is 15.7 Å². The van der Waals surface area contributed by atoms with E-state index in [1.165, 1.54) is 13.2 Å². The molecular formula is C21H23FN4O2. The molecule has 7 heteroatoms. The maximum atomic E-state index is 13.9.